The molecule has 4 heteroatoms. The number of amides is 1. The summed E-state index contributed by atoms with van der Waals surface area (Å²) in [5.74, 6) is -0.784. The molecule has 0 bridgehead atoms. The fourth-order valence-corrected chi connectivity index (χ4v) is 1.78. The molecule has 0 saturated heterocycles. The number of carbonyl (C=O) groups excluding carboxylic acids is 2. The van der Waals surface area contributed by atoms with Crippen molar-refractivity contribution in [2.45, 2.75) is 6.92 Å². The van der Waals surface area contributed by atoms with Crippen LogP contribution in [0.25, 0.3) is 10.8 Å². The lowest BCUT2D eigenvalue weighted by Gasteiger charge is -2.05. The van der Waals surface area contributed by atoms with E-state index < -0.39 is 5.97 Å². The molecule has 0 saturated carbocycles. The third kappa shape index (κ3) is 3.31. The predicted molar refractivity (Wildman–Crippen MR) is 72.9 cm³/mol. The number of carbonyl (C=O) groups is 2. The highest BCUT2D eigenvalue weighted by Gasteiger charge is 2.10. The SMILES string of the molecule is CCNC(=O)COC(=O)c1ccc2ccccc2c1. The summed E-state index contributed by atoms with van der Waals surface area (Å²) >= 11 is 0. The number of benzene rings is 2. The van der Waals surface area contributed by atoms with E-state index in [2.05, 4.69) is 5.32 Å². The first-order valence-corrected chi connectivity index (χ1v) is 6.13. The molecule has 2 aromatic carbocycles. The van der Waals surface area contributed by atoms with Crippen LogP contribution in [0.4, 0.5) is 0 Å². The van der Waals surface area contributed by atoms with Crippen molar-refractivity contribution in [2.75, 3.05) is 13.2 Å². The number of hydrogen-bond donors (Lipinski definition) is 1. The molecule has 0 aromatic heterocycles. The molecular formula is C15H15NO3. The lowest BCUT2D eigenvalue weighted by molar-refractivity contribution is -0.124. The molecule has 0 aliphatic heterocycles. The average Bonchev–Trinajstić information content (AvgIpc) is 2.44. The minimum atomic E-state index is -0.489. The van der Waals surface area contributed by atoms with Gasteiger partial charge < -0.3 is 10.1 Å². The van der Waals surface area contributed by atoms with Gasteiger partial charge in [0.15, 0.2) is 6.61 Å². The smallest absolute Gasteiger partial charge is 0.338 e. The summed E-state index contributed by atoms with van der Waals surface area (Å²) in [6, 6.07) is 13.1. The number of likely N-dealkylation sites (N-methyl/N-ethyl adjacent to an activating group) is 1. The van der Waals surface area contributed by atoms with E-state index in [4.69, 9.17) is 4.74 Å². The number of rotatable bonds is 4. The highest BCUT2D eigenvalue weighted by molar-refractivity contribution is 5.96. The second kappa shape index (κ2) is 6.00. The first-order valence-electron chi connectivity index (χ1n) is 6.13. The van der Waals surface area contributed by atoms with Crippen molar-refractivity contribution in [1.82, 2.24) is 5.32 Å². The van der Waals surface area contributed by atoms with Crippen molar-refractivity contribution in [3.8, 4) is 0 Å². The zero-order chi connectivity index (χ0) is 13.7. The van der Waals surface area contributed by atoms with Crippen LogP contribution in [0.15, 0.2) is 42.5 Å². The van der Waals surface area contributed by atoms with Gasteiger partial charge in [-0.3, -0.25) is 4.79 Å². The van der Waals surface area contributed by atoms with E-state index in [9.17, 15) is 9.59 Å². The Hall–Kier alpha value is -2.36. The molecule has 0 unspecified atom stereocenters. The topological polar surface area (TPSA) is 55.4 Å². The van der Waals surface area contributed by atoms with Gasteiger partial charge in [-0.1, -0.05) is 30.3 Å². The molecule has 0 atom stereocenters. The Labute approximate surface area is 111 Å². The molecule has 0 heterocycles. The lowest BCUT2D eigenvalue weighted by atomic mass is 10.1. The van der Waals surface area contributed by atoms with Crippen LogP contribution in [0.2, 0.25) is 0 Å². The first kappa shape index (κ1) is 13.1. The number of fused-ring (bicyclic) bond motifs is 1. The zero-order valence-corrected chi connectivity index (χ0v) is 10.7. The summed E-state index contributed by atoms with van der Waals surface area (Å²) in [7, 11) is 0. The van der Waals surface area contributed by atoms with Crippen molar-refractivity contribution in [1.29, 1.82) is 0 Å². The molecular weight excluding hydrogens is 242 g/mol. The standard InChI is InChI=1S/C15H15NO3/c1-2-16-14(17)10-19-15(18)13-8-7-11-5-3-4-6-12(11)9-13/h3-9H,2,10H2,1H3,(H,16,17). The van der Waals surface area contributed by atoms with Crippen molar-refractivity contribution >= 4 is 22.6 Å². The molecule has 0 aliphatic carbocycles. The average molecular weight is 257 g/mol. The van der Waals surface area contributed by atoms with Gasteiger partial charge in [0, 0.05) is 6.54 Å². The van der Waals surface area contributed by atoms with Crippen molar-refractivity contribution < 1.29 is 14.3 Å². The Kier molecular flexibility index (Phi) is 4.13. The van der Waals surface area contributed by atoms with Crippen LogP contribution in [-0.4, -0.2) is 25.0 Å². The molecule has 0 fully saturated rings. The molecule has 1 amide bonds. The van der Waals surface area contributed by atoms with Gasteiger partial charge in [-0.05, 0) is 29.8 Å². The monoisotopic (exact) mass is 257 g/mol. The quantitative estimate of drug-likeness (QED) is 0.854. The van der Waals surface area contributed by atoms with Gasteiger partial charge in [-0.15, -0.1) is 0 Å². The van der Waals surface area contributed by atoms with Gasteiger partial charge in [0.2, 0.25) is 0 Å². The summed E-state index contributed by atoms with van der Waals surface area (Å²) in [4.78, 5) is 23.0. The molecule has 1 N–H and O–H groups in total. The normalized spacial score (nSPS) is 10.2. The highest BCUT2D eigenvalue weighted by atomic mass is 16.5. The van der Waals surface area contributed by atoms with E-state index in [0.29, 0.717) is 12.1 Å². The fraction of sp³-hybridized carbons (Fsp3) is 0.200. The summed E-state index contributed by atoms with van der Waals surface area (Å²) in [6.07, 6.45) is 0. The maximum Gasteiger partial charge on any atom is 0.338 e. The summed E-state index contributed by atoms with van der Waals surface area (Å²) < 4.78 is 4.94. The van der Waals surface area contributed by atoms with Crippen LogP contribution in [-0.2, 0) is 9.53 Å². The van der Waals surface area contributed by atoms with Crippen molar-refractivity contribution in [2.24, 2.45) is 0 Å². The highest BCUT2D eigenvalue weighted by Crippen LogP contribution is 2.16. The molecule has 19 heavy (non-hydrogen) atoms. The Morgan fingerprint density at radius 1 is 1.11 bits per heavy atom. The molecule has 4 nitrogen and oxygen atoms in total. The second-order valence-electron chi connectivity index (χ2n) is 4.09. The number of nitrogens with one attached hydrogen (secondary N) is 1. The van der Waals surface area contributed by atoms with E-state index in [1.807, 2.05) is 37.3 Å². The van der Waals surface area contributed by atoms with Crippen LogP contribution in [0, 0.1) is 0 Å². The van der Waals surface area contributed by atoms with Crippen LogP contribution in [0.1, 0.15) is 17.3 Å². The van der Waals surface area contributed by atoms with E-state index in [1.54, 1.807) is 12.1 Å². The minimum absolute atomic E-state index is 0.250. The van der Waals surface area contributed by atoms with Crippen molar-refractivity contribution in [3.63, 3.8) is 0 Å². The summed E-state index contributed by atoms with van der Waals surface area (Å²) in [6.45, 7) is 2.08. The molecule has 2 rings (SSSR count). The zero-order valence-electron chi connectivity index (χ0n) is 10.7. The van der Waals surface area contributed by atoms with E-state index in [1.165, 1.54) is 0 Å². The number of ether oxygens (including phenoxy) is 1. The van der Waals surface area contributed by atoms with E-state index in [-0.39, 0.29) is 12.5 Å². The predicted octanol–water partition coefficient (Wildman–Crippen LogP) is 2.13. The molecule has 0 spiro atoms. The van der Waals surface area contributed by atoms with Gasteiger partial charge in [0.05, 0.1) is 5.56 Å². The molecule has 0 radical (unpaired) electrons. The number of esters is 1. The van der Waals surface area contributed by atoms with E-state index >= 15 is 0 Å². The Bertz CT molecular complexity index is 607. The van der Waals surface area contributed by atoms with Gasteiger partial charge in [-0.25, -0.2) is 4.79 Å². The first-order chi connectivity index (χ1) is 9.20. The number of hydrogen-bond acceptors (Lipinski definition) is 3. The van der Waals surface area contributed by atoms with Gasteiger partial charge in [0.25, 0.3) is 5.91 Å². The van der Waals surface area contributed by atoms with Crippen LogP contribution >= 0.6 is 0 Å². The maximum atomic E-state index is 11.8. The van der Waals surface area contributed by atoms with E-state index in [0.717, 1.165) is 10.8 Å². The molecule has 2 aromatic rings. The van der Waals surface area contributed by atoms with Crippen molar-refractivity contribution in [3.05, 3.63) is 48.0 Å². The minimum Gasteiger partial charge on any atom is -0.452 e. The second-order valence-corrected chi connectivity index (χ2v) is 4.09. The largest absolute Gasteiger partial charge is 0.452 e. The van der Waals surface area contributed by atoms with Crippen LogP contribution in [0.5, 0.6) is 0 Å². The third-order valence-corrected chi connectivity index (χ3v) is 2.69. The Balaban J connectivity index is 2.07. The lowest BCUT2D eigenvalue weighted by Crippen LogP contribution is -2.28. The van der Waals surface area contributed by atoms with Gasteiger partial charge >= 0.3 is 5.97 Å². The maximum absolute atomic E-state index is 11.8. The summed E-state index contributed by atoms with van der Waals surface area (Å²) in [5, 5.41) is 4.59. The van der Waals surface area contributed by atoms with Crippen LogP contribution in [0.3, 0.4) is 0 Å². The Morgan fingerprint density at radius 3 is 2.58 bits per heavy atom. The summed E-state index contributed by atoms with van der Waals surface area (Å²) in [5.41, 5.74) is 0.447. The van der Waals surface area contributed by atoms with Crippen LogP contribution < -0.4 is 5.32 Å². The molecule has 98 valence electrons. The molecule has 0 aliphatic rings. The Morgan fingerprint density at radius 2 is 1.84 bits per heavy atom. The van der Waals surface area contributed by atoms with Gasteiger partial charge in [-0.2, -0.15) is 0 Å². The van der Waals surface area contributed by atoms with Gasteiger partial charge in [0.1, 0.15) is 0 Å². The fourth-order valence-electron chi connectivity index (χ4n) is 1.78. The third-order valence-electron chi connectivity index (χ3n) is 2.69.